The zero-order chi connectivity index (χ0) is 21.0. The molecule has 3 rings (SSSR count). The summed E-state index contributed by atoms with van der Waals surface area (Å²) in [6, 6.07) is 6.73. The third-order valence-corrected chi connectivity index (χ3v) is 4.80. The van der Waals surface area contributed by atoms with Crippen LogP contribution in [-0.2, 0) is 11.3 Å². The first-order valence-electron chi connectivity index (χ1n) is 9.29. The summed E-state index contributed by atoms with van der Waals surface area (Å²) in [4.78, 5) is 30.1. The Labute approximate surface area is 169 Å². The minimum Gasteiger partial charge on any atom is -0.496 e. The van der Waals surface area contributed by atoms with Gasteiger partial charge in [0.15, 0.2) is 5.90 Å². The molecular formula is C21H24N4O4. The van der Waals surface area contributed by atoms with Gasteiger partial charge in [0.05, 0.1) is 37.0 Å². The first-order chi connectivity index (χ1) is 13.9. The van der Waals surface area contributed by atoms with Gasteiger partial charge < -0.3 is 14.8 Å². The highest BCUT2D eigenvalue weighted by atomic mass is 16.5. The van der Waals surface area contributed by atoms with E-state index < -0.39 is 0 Å². The number of fused-ring (bicyclic) bond motifs is 1. The standard InChI is InChI=1S/C21H24N4O4/c1-13-10-24-17(14(2)19(13)28-3)11-23-12-18(22)29-9-8-25-20(26)15-6-4-5-7-16(15)21(25)27/h4-7,10,22-23H,8-9,11-12H2,1-3H3. The zero-order valence-corrected chi connectivity index (χ0v) is 16.7. The highest BCUT2D eigenvalue weighted by Gasteiger charge is 2.34. The van der Waals surface area contributed by atoms with Crippen LogP contribution in [0.3, 0.4) is 0 Å². The molecule has 0 unspecified atom stereocenters. The fourth-order valence-corrected chi connectivity index (χ4v) is 3.30. The minimum atomic E-state index is -0.325. The average molecular weight is 396 g/mol. The number of benzene rings is 1. The van der Waals surface area contributed by atoms with E-state index in [4.69, 9.17) is 14.9 Å². The van der Waals surface area contributed by atoms with Gasteiger partial charge in [0.2, 0.25) is 0 Å². The number of methoxy groups -OCH3 is 1. The normalized spacial score (nSPS) is 12.9. The van der Waals surface area contributed by atoms with Crippen molar-refractivity contribution in [2.45, 2.75) is 20.4 Å². The van der Waals surface area contributed by atoms with Crippen LogP contribution < -0.4 is 10.1 Å². The number of imide groups is 1. The van der Waals surface area contributed by atoms with Gasteiger partial charge in [0, 0.05) is 23.9 Å². The van der Waals surface area contributed by atoms with Gasteiger partial charge in [-0.1, -0.05) is 12.1 Å². The molecule has 2 aromatic rings. The molecule has 2 heterocycles. The number of rotatable bonds is 8. The van der Waals surface area contributed by atoms with Crippen molar-refractivity contribution in [2.75, 3.05) is 26.8 Å². The number of nitrogens with one attached hydrogen (secondary N) is 2. The molecule has 0 saturated heterocycles. The summed E-state index contributed by atoms with van der Waals surface area (Å²) in [5, 5.41) is 11.0. The lowest BCUT2D eigenvalue weighted by molar-refractivity contribution is 0.0627. The summed E-state index contributed by atoms with van der Waals surface area (Å²) >= 11 is 0. The van der Waals surface area contributed by atoms with Crippen LogP contribution in [0.5, 0.6) is 5.75 Å². The second-order valence-corrected chi connectivity index (χ2v) is 6.73. The Morgan fingerprint density at radius 2 is 1.83 bits per heavy atom. The van der Waals surface area contributed by atoms with E-state index >= 15 is 0 Å². The lowest BCUT2D eigenvalue weighted by atomic mass is 10.1. The summed E-state index contributed by atoms with van der Waals surface area (Å²) < 4.78 is 10.8. The largest absolute Gasteiger partial charge is 0.496 e. The molecule has 2 amide bonds. The molecule has 2 N–H and O–H groups in total. The number of carbonyl (C=O) groups is 2. The smallest absolute Gasteiger partial charge is 0.261 e. The van der Waals surface area contributed by atoms with E-state index in [1.807, 2.05) is 13.8 Å². The Hall–Kier alpha value is -3.26. The van der Waals surface area contributed by atoms with Gasteiger partial charge in [0.25, 0.3) is 11.8 Å². The number of hydrogen-bond donors (Lipinski definition) is 2. The number of aryl methyl sites for hydroxylation is 1. The quantitative estimate of drug-likeness (QED) is 0.402. The molecule has 0 atom stereocenters. The van der Waals surface area contributed by atoms with Gasteiger partial charge in [0.1, 0.15) is 12.4 Å². The van der Waals surface area contributed by atoms with E-state index in [-0.39, 0.29) is 37.4 Å². The fourth-order valence-electron chi connectivity index (χ4n) is 3.30. The van der Waals surface area contributed by atoms with Gasteiger partial charge in [-0.2, -0.15) is 0 Å². The molecule has 29 heavy (non-hydrogen) atoms. The Bertz CT molecular complexity index is 923. The van der Waals surface area contributed by atoms with E-state index in [2.05, 4.69) is 10.3 Å². The topological polar surface area (TPSA) is 105 Å². The van der Waals surface area contributed by atoms with Gasteiger partial charge in [-0.05, 0) is 26.0 Å². The van der Waals surface area contributed by atoms with Crippen molar-refractivity contribution < 1.29 is 19.1 Å². The number of aromatic nitrogens is 1. The fraction of sp³-hybridized carbons (Fsp3) is 0.333. The molecule has 152 valence electrons. The van der Waals surface area contributed by atoms with Gasteiger partial charge in [-0.3, -0.25) is 24.9 Å². The Kier molecular flexibility index (Phi) is 6.23. The molecule has 0 saturated carbocycles. The molecule has 1 aliphatic rings. The number of pyridine rings is 1. The monoisotopic (exact) mass is 396 g/mol. The van der Waals surface area contributed by atoms with Crippen LogP contribution in [0.1, 0.15) is 37.5 Å². The molecule has 1 aliphatic heterocycles. The van der Waals surface area contributed by atoms with Crippen molar-refractivity contribution >= 4 is 17.7 Å². The van der Waals surface area contributed by atoms with E-state index in [1.165, 1.54) is 0 Å². The van der Waals surface area contributed by atoms with Gasteiger partial charge in [-0.25, -0.2) is 0 Å². The third kappa shape index (κ3) is 4.27. The number of hydrogen-bond acceptors (Lipinski definition) is 7. The van der Waals surface area contributed by atoms with E-state index in [1.54, 1.807) is 37.6 Å². The number of amides is 2. The summed E-state index contributed by atoms with van der Waals surface area (Å²) in [5.74, 6) is 0.185. The second kappa shape index (κ2) is 8.83. The predicted octanol–water partition coefficient (Wildman–Crippen LogP) is 2.09. The summed E-state index contributed by atoms with van der Waals surface area (Å²) in [6.07, 6.45) is 1.76. The van der Waals surface area contributed by atoms with Crippen molar-refractivity contribution in [3.05, 3.63) is 58.4 Å². The van der Waals surface area contributed by atoms with E-state index in [0.717, 1.165) is 27.5 Å². The summed E-state index contributed by atoms with van der Waals surface area (Å²) in [5.41, 5.74) is 3.58. The van der Waals surface area contributed by atoms with Crippen LogP contribution in [0.15, 0.2) is 30.5 Å². The highest BCUT2D eigenvalue weighted by molar-refractivity contribution is 6.21. The molecule has 0 aliphatic carbocycles. The van der Waals surface area contributed by atoms with Crippen molar-refractivity contribution in [1.29, 1.82) is 5.41 Å². The maximum Gasteiger partial charge on any atom is 0.261 e. The van der Waals surface area contributed by atoms with Crippen LogP contribution in [0, 0.1) is 19.3 Å². The van der Waals surface area contributed by atoms with Crippen LogP contribution in [-0.4, -0.2) is 54.4 Å². The molecule has 8 heteroatoms. The van der Waals surface area contributed by atoms with Crippen LogP contribution >= 0.6 is 0 Å². The average Bonchev–Trinajstić information content (AvgIpc) is 2.95. The summed E-state index contributed by atoms with van der Waals surface area (Å²) in [7, 11) is 1.63. The minimum absolute atomic E-state index is 0.0262. The Morgan fingerprint density at radius 3 is 2.45 bits per heavy atom. The lowest BCUT2D eigenvalue weighted by Crippen LogP contribution is -2.34. The van der Waals surface area contributed by atoms with Crippen LogP contribution in [0.2, 0.25) is 0 Å². The molecule has 1 aromatic carbocycles. The third-order valence-electron chi connectivity index (χ3n) is 4.80. The van der Waals surface area contributed by atoms with Gasteiger partial charge >= 0.3 is 0 Å². The highest BCUT2D eigenvalue weighted by Crippen LogP contribution is 2.24. The number of ether oxygens (including phenoxy) is 2. The maximum atomic E-state index is 12.3. The molecule has 0 fully saturated rings. The number of nitrogens with zero attached hydrogens (tertiary/aromatic N) is 2. The second-order valence-electron chi connectivity index (χ2n) is 6.73. The van der Waals surface area contributed by atoms with Crippen molar-refractivity contribution in [3.63, 3.8) is 0 Å². The Balaban J connectivity index is 1.44. The van der Waals surface area contributed by atoms with Gasteiger partial charge in [-0.15, -0.1) is 0 Å². The summed E-state index contributed by atoms with van der Waals surface area (Å²) in [6.45, 7) is 4.73. The maximum absolute atomic E-state index is 12.3. The first kappa shape index (κ1) is 20.5. The molecular weight excluding hydrogens is 372 g/mol. The van der Waals surface area contributed by atoms with Crippen LogP contribution in [0.4, 0.5) is 0 Å². The van der Waals surface area contributed by atoms with Crippen molar-refractivity contribution in [3.8, 4) is 5.75 Å². The SMILES string of the molecule is COc1c(C)cnc(CNCC(=N)OCCN2C(=O)c3ccccc3C2=O)c1C. The molecule has 8 nitrogen and oxygen atoms in total. The zero-order valence-electron chi connectivity index (χ0n) is 16.7. The number of carbonyl (C=O) groups excluding carboxylic acids is 2. The van der Waals surface area contributed by atoms with Crippen molar-refractivity contribution in [1.82, 2.24) is 15.2 Å². The molecule has 0 bridgehead atoms. The van der Waals surface area contributed by atoms with Crippen LogP contribution in [0.25, 0.3) is 0 Å². The lowest BCUT2D eigenvalue weighted by Gasteiger charge is -2.15. The predicted molar refractivity (Wildman–Crippen MR) is 107 cm³/mol. The molecule has 0 spiro atoms. The van der Waals surface area contributed by atoms with E-state index in [9.17, 15) is 9.59 Å². The molecule has 1 aromatic heterocycles. The van der Waals surface area contributed by atoms with Crippen molar-refractivity contribution in [2.24, 2.45) is 0 Å². The molecule has 0 radical (unpaired) electrons. The Morgan fingerprint density at radius 1 is 1.17 bits per heavy atom. The van der Waals surface area contributed by atoms with E-state index in [0.29, 0.717) is 17.7 Å². The first-order valence-corrected chi connectivity index (χ1v) is 9.29.